The van der Waals surface area contributed by atoms with Crippen molar-refractivity contribution >= 4 is 45.1 Å². The number of benzene rings is 2. The van der Waals surface area contributed by atoms with E-state index in [9.17, 15) is 0 Å². The third kappa shape index (κ3) is 3.04. The molecule has 0 fully saturated rings. The van der Waals surface area contributed by atoms with E-state index in [1.54, 1.807) is 0 Å². The number of halogens is 2. The van der Waals surface area contributed by atoms with Crippen LogP contribution in [0.15, 0.2) is 48.7 Å². The molecule has 0 amide bonds. The van der Waals surface area contributed by atoms with E-state index in [-0.39, 0.29) is 6.10 Å². The molecule has 0 aliphatic heterocycles. The van der Waals surface area contributed by atoms with Crippen LogP contribution >= 0.6 is 34.2 Å². The van der Waals surface area contributed by atoms with Crippen LogP contribution in [0, 0.1) is 3.57 Å². The van der Waals surface area contributed by atoms with Gasteiger partial charge in [-0.25, -0.2) is 0 Å². The molecule has 0 saturated carbocycles. The van der Waals surface area contributed by atoms with Crippen molar-refractivity contribution in [3.05, 3.63) is 57.3 Å². The fourth-order valence-electron chi connectivity index (χ4n) is 2.33. The summed E-state index contributed by atoms with van der Waals surface area (Å²) in [4.78, 5) is 0. The topological polar surface area (TPSA) is 14.2 Å². The van der Waals surface area contributed by atoms with Crippen LogP contribution in [0.3, 0.4) is 0 Å². The summed E-state index contributed by atoms with van der Waals surface area (Å²) in [7, 11) is 0. The van der Waals surface area contributed by atoms with Crippen LogP contribution in [-0.2, 0) is 0 Å². The number of ether oxygens (including phenoxy) is 1. The Labute approximate surface area is 142 Å². The Morgan fingerprint density at radius 3 is 2.48 bits per heavy atom. The van der Waals surface area contributed by atoms with Crippen molar-refractivity contribution in [2.75, 3.05) is 0 Å². The van der Waals surface area contributed by atoms with Crippen molar-refractivity contribution in [2.24, 2.45) is 0 Å². The molecule has 108 valence electrons. The van der Waals surface area contributed by atoms with Gasteiger partial charge >= 0.3 is 0 Å². The molecule has 0 N–H and O–H groups in total. The van der Waals surface area contributed by atoms with E-state index in [2.05, 4.69) is 45.4 Å². The molecule has 2 aromatic carbocycles. The van der Waals surface area contributed by atoms with Gasteiger partial charge in [-0.15, -0.1) is 0 Å². The van der Waals surface area contributed by atoms with Gasteiger partial charge in [0.15, 0.2) is 0 Å². The lowest BCUT2D eigenvalue weighted by Gasteiger charge is -2.11. The fourth-order valence-corrected chi connectivity index (χ4v) is 3.07. The maximum Gasteiger partial charge on any atom is 0.119 e. The Morgan fingerprint density at radius 2 is 1.81 bits per heavy atom. The second-order valence-electron chi connectivity index (χ2n) is 5.17. The van der Waals surface area contributed by atoms with E-state index in [0.717, 1.165) is 27.4 Å². The van der Waals surface area contributed by atoms with Gasteiger partial charge in [-0.2, -0.15) is 0 Å². The van der Waals surface area contributed by atoms with Gasteiger partial charge in [-0.1, -0.05) is 11.6 Å². The van der Waals surface area contributed by atoms with Crippen molar-refractivity contribution in [2.45, 2.75) is 20.0 Å². The number of fused-ring (bicyclic) bond motifs is 1. The first-order chi connectivity index (χ1) is 10.0. The first-order valence-corrected chi connectivity index (χ1v) is 8.23. The van der Waals surface area contributed by atoms with Crippen molar-refractivity contribution in [1.29, 1.82) is 0 Å². The van der Waals surface area contributed by atoms with Crippen molar-refractivity contribution in [3.8, 4) is 11.4 Å². The second-order valence-corrected chi connectivity index (χ2v) is 6.82. The monoisotopic (exact) mass is 411 g/mol. The molecule has 1 heterocycles. The lowest BCUT2D eigenvalue weighted by molar-refractivity contribution is 0.242. The standard InChI is InChI=1S/C17H15ClINO/c1-11(2)21-14-6-4-13(5-7-14)20-10-16(18)15-9-12(19)3-8-17(15)20/h3-11H,1-2H3. The van der Waals surface area contributed by atoms with Crippen molar-refractivity contribution in [3.63, 3.8) is 0 Å². The smallest absolute Gasteiger partial charge is 0.119 e. The highest BCUT2D eigenvalue weighted by molar-refractivity contribution is 14.1. The van der Waals surface area contributed by atoms with Crippen LogP contribution in [-0.4, -0.2) is 10.7 Å². The molecule has 0 aliphatic rings. The van der Waals surface area contributed by atoms with Crippen LogP contribution in [0.1, 0.15) is 13.8 Å². The first kappa shape index (κ1) is 14.7. The Bertz CT molecular complexity index is 777. The minimum Gasteiger partial charge on any atom is -0.491 e. The van der Waals surface area contributed by atoms with Gasteiger partial charge in [-0.3, -0.25) is 0 Å². The van der Waals surface area contributed by atoms with Crippen molar-refractivity contribution in [1.82, 2.24) is 4.57 Å². The van der Waals surface area contributed by atoms with Gasteiger partial charge in [0.25, 0.3) is 0 Å². The third-order valence-corrected chi connectivity index (χ3v) is 4.18. The van der Waals surface area contributed by atoms with Crippen LogP contribution in [0.25, 0.3) is 16.6 Å². The van der Waals surface area contributed by atoms with Gasteiger partial charge in [0.1, 0.15) is 5.75 Å². The molecular weight excluding hydrogens is 397 g/mol. The number of hydrogen-bond donors (Lipinski definition) is 0. The largest absolute Gasteiger partial charge is 0.491 e. The minimum absolute atomic E-state index is 0.180. The summed E-state index contributed by atoms with van der Waals surface area (Å²) in [6.45, 7) is 4.05. The summed E-state index contributed by atoms with van der Waals surface area (Å²) >= 11 is 8.65. The average Bonchev–Trinajstić information content (AvgIpc) is 2.76. The van der Waals surface area contributed by atoms with E-state index in [1.807, 2.05) is 44.3 Å². The van der Waals surface area contributed by atoms with E-state index < -0.39 is 0 Å². The SMILES string of the molecule is CC(C)Oc1ccc(-n2cc(Cl)c3cc(I)ccc32)cc1. The van der Waals surface area contributed by atoms with Gasteiger partial charge in [0, 0.05) is 20.8 Å². The molecule has 0 radical (unpaired) electrons. The number of nitrogens with zero attached hydrogens (tertiary/aromatic N) is 1. The molecule has 0 bridgehead atoms. The van der Waals surface area contributed by atoms with Gasteiger partial charge in [0.2, 0.25) is 0 Å². The molecule has 2 nitrogen and oxygen atoms in total. The van der Waals surface area contributed by atoms with E-state index >= 15 is 0 Å². The zero-order valence-electron chi connectivity index (χ0n) is 11.8. The number of rotatable bonds is 3. The molecule has 1 aromatic heterocycles. The summed E-state index contributed by atoms with van der Waals surface area (Å²) in [5.41, 5.74) is 2.18. The van der Waals surface area contributed by atoms with Crippen LogP contribution in [0.5, 0.6) is 5.75 Å². The lowest BCUT2D eigenvalue weighted by Crippen LogP contribution is -2.05. The summed E-state index contributed by atoms with van der Waals surface area (Å²) in [5.74, 6) is 0.880. The highest BCUT2D eigenvalue weighted by Crippen LogP contribution is 2.30. The molecule has 0 unspecified atom stereocenters. The predicted octanol–water partition coefficient (Wildman–Crippen LogP) is 5.68. The first-order valence-electron chi connectivity index (χ1n) is 6.78. The normalized spacial score (nSPS) is 11.3. The zero-order valence-corrected chi connectivity index (χ0v) is 14.7. The molecule has 0 aliphatic carbocycles. The maximum absolute atomic E-state index is 6.35. The highest BCUT2D eigenvalue weighted by atomic mass is 127. The average molecular weight is 412 g/mol. The maximum atomic E-state index is 6.35. The molecule has 3 aromatic rings. The minimum atomic E-state index is 0.180. The Hall–Kier alpha value is -1.20. The molecule has 0 spiro atoms. The van der Waals surface area contributed by atoms with Crippen LogP contribution in [0.2, 0.25) is 5.02 Å². The Balaban J connectivity index is 2.04. The lowest BCUT2D eigenvalue weighted by atomic mass is 10.2. The molecule has 4 heteroatoms. The van der Waals surface area contributed by atoms with Gasteiger partial charge in [-0.05, 0) is 78.9 Å². The zero-order chi connectivity index (χ0) is 15.0. The van der Waals surface area contributed by atoms with Crippen LogP contribution < -0.4 is 4.74 Å². The van der Waals surface area contributed by atoms with Crippen molar-refractivity contribution < 1.29 is 4.74 Å². The molecule has 0 saturated heterocycles. The highest BCUT2D eigenvalue weighted by Gasteiger charge is 2.09. The van der Waals surface area contributed by atoms with E-state index in [4.69, 9.17) is 16.3 Å². The van der Waals surface area contributed by atoms with E-state index in [1.165, 1.54) is 3.57 Å². The summed E-state index contributed by atoms with van der Waals surface area (Å²) < 4.78 is 8.96. The van der Waals surface area contributed by atoms with Crippen LogP contribution in [0.4, 0.5) is 0 Å². The summed E-state index contributed by atoms with van der Waals surface area (Å²) in [5, 5.41) is 1.84. The Morgan fingerprint density at radius 1 is 1.10 bits per heavy atom. The number of aromatic nitrogens is 1. The van der Waals surface area contributed by atoms with Gasteiger partial charge < -0.3 is 9.30 Å². The van der Waals surface area contributed by atoms with Gasteiger partial charge in [0.05, 0.1) is 16.6 Å². The third-order valence-electron chi connectivity index (χ3n) is 3.20. The molecular formula is C17H15ClINO. The summed E-state index contributed by atoms with van der Waals surface area (Å²) in [6.07, 6.45) is 2.14. The molecule has 3 rings (SSSR count). The molecule has 0 atom stereocenters. The predicted molar refractivity (Wildman–Crippen MR) is 96.8 cm³/mol. The summed E-state index contributed by atoms with van der Waals surface area (Å²) in [6, 6.07) is 14.4. The molecule has 21 heavy (non-hydrogen) atoms. The number of hydrogen-bond acceptors (Lipinski definition) is 1. The Kier molecular flexibility index (Phi) is 4.13. The quantitative estimate of drug-likeness (QED) is 0.506. The fraction of sp³-hybridized carbons (Fsp3) is 0.176. The van der Waals surface area contributed by atoms with E-state index in [0.29, 0.717) is 0 Å². The second kappa shape index (κ2) is 5.89.